The molecule has 3 N–H and O–H groups in total. The minimum Gasteiger partial charge on any atom is -0.378 e. The molecule has 4 heteroatoms. The monoisotopic (exact) mass is 256 g/mol. The van der Waals surface area contributed by atoms with Crippen LogP contribution in [0.25, 0.3) is 0 Å². The number of hydrogen-bond acceptors (Lipinski definition) is 3. The van der Waals surface area contributed by atoms with Crippen LogP contribution in [-0.2, 0) is 9.53 Å². The van der Waals surface area contributed by atoms with Gasteiger partial charge in [0.2, 0.25) is 5.91 Å². The number of carbonyl (C=O) groups is 1. The summed E-state index contributed by atoms with van der Waals surface area (Å²) in [5.41, 5.74) is 5.58. The topological polar surface area (TPSA) is 64.3 Å². The molecule has 0 aromatic heterocycles. The molecule has 1 heterocycles. The van der Waals surface area contributed by atoms with Crippen molar-refractivity contribution in [2.75, 3.05) is 19.7 Å². The fourth-order valence-electron chi connectivity index (χ4n) is 2.50. The van der Waals surface area contributed by atoms with Gasteiger partial charge in [0.05, 0.1) is 12.5 Å². The maximum Gasteiger partial charge on any atom is 0.222 e. The van der Waals surface area contributed by atoms with Gasteiger partial charge in [-0.2, -0.15) is 0 Å². The lowest BCUT2D eigenvalue weighted by molar-refractivity contribution is -0.125. The van der Waals surface area contributed by atoms with E-state index >= 15 is 0 Å². The molecule has 18 heavy (non-hydrogen) atoms. The van der Waals surface area contributed by atoms with Crippen molar-refractivity contribution in [1.29, 1.82) is 0 Å². The van der Waals surface area contributed by atoms with Gasteiger partial charge in [-0.1, -0.05) is 13.3 Å². The zero-order valence-electron chi connectivity index (χ0n) is 11.6. The first kappa shape index (κ1) is 15.4. The summed E-state index contributed by atoms with van der Waals surface area (Å²) < 4.78 is 5.57. The number of carbonyl (C=O) groups excluding carboxylic acids is 1. The molecule has 106 valence electrons. The van der Waals surface area contributed by atoms with Crippen molar-refractivity contribution < 1.29 is 9.53 Å². The Morgan fingerprint density at radius 2 is 2.28 bits per heavy atom. The highest BCUT2D eigenvalue weighted by atomic mass is 16.5. The van der Waals surface area contributed by atoms with Crippen LogP contribution in [0.1, 0.15) is 51.9 Å². The molecule has 1 amide bonds. The van der Waals surface area contributed by atoms with Gasteiger partial charge in [-0.15, -0.1) is 0 Å². The van der Waals surface area contributed by atoms with E-state index in [1.165, 1.54) is 6.42 Å². The predicted molar refractivity (Wildman–Crippen MR) is 73.3 cm³/mol. The van der Waals surface area contributed by atoms with Gasteiger partial charge in [-0.25, -0.2) is 0 Å². The summed E-state index contributed by atoms with van der Waals surface area (Å²) in [7, 11) is 0. The Kier molecular flexibility index (Phi) is 8.01. The van der Waals surface area contributed by atoms with Crippen molar-refractivity contribution in [3.63, 3.8) is 0 Å². The Labute approximate surface area is 111 Å². The van der Waals surface area contributed by atoms with Gasteiger partial charge in [0, 0.05) is 13.2 Å². The molecule has 1 aliphatic rings. The Hall–Kier alpha value is -0.610. The maximum absolute atomic E-state index is 11.8. The van der Waals surface area contributed by atoms with Crippen LogP contribution in [0.2, 0.25) is 0 Å². The van der Waals surface area contributed by atoms with E-state index in [4.69, 9.17) is 10.5 Å². The molecule has 0 radical (unpaired) electrons. The molecular formula is C14H28N2O2. The van der Waals surface area contributed by atoms with E-state index in [1.807, 2.05) is 0 Å². The second-order valence-electron chi connectivity index (χ2n) is 5.23. The van der Waals surface area contributed by atoms with Crippen LogP contribution in [-0.4, -0.2) is 31.7 Å². The molecule has 1 rings (SSSR count). The first-order valence-corrected chi connectivity index (χ1v) is 7.34. The molecule has 2 unspecified atom stereocenters. The highest BCUT2D eigenvalue weighted by Crippen LogP contribution is 2.15. The van der Waals surface area contributed by atoms with Crippen LogP contribution in [0, 0.1) is 5.92 Å². The standard InChI is InChI=1S/C14H28N2O2/c1-2-5-12(7-8-15)11-16-14(17)10-13-6-3-4-9-18-13/h12-13H,2-11,15H2,1H3,(H,16,17). The van der Waals surface area contributed by atoms with E-state index in [0.717, 1.165) is 45.3 Å². The second-order valence-corrected chi connectivity index (χ2v) is 5.23. The quantitative estimate of drug-likeness (QED) is 0.696. The van der Waals surface area contributed by atoms with E-state index in [1.54, 1.807) is 0 Å². The zero-order chi connectivity index (χ0) is 13.2. The molecule has 0 aliphatic carbocycles. The Morgan fingerprint density at radius 3 is 2.89 bits per heavy atom. The fraction of sp³-hybridized carbons (Fsp3) is 0.929. The van der Waals surface area contributed by atoms with Crippen molar-refractivity contribution >= 4 is 5.91 Å². The van der Waals surface area contributed by atoms with Gasteiger partial charge >= 0.3 is 0 Å². The third-order valence-corrected chi connectivity index (χ3v) is 3.55. The van der Waals surface area contributed by atoms with Crippen molar-refractivity contribution in [1.82, 2.24) is 5.32 Å². The first-order valence-electron chi connectivity index (χ1n) is 7.34. The summed E-state index contributed by atoms with van der Waals surface area (Å²) >= 11 is 0. The second kappa shape index (κ2) is 9.34. The summed E-state index contributed by atoms with van der Waals surface area (Å²) in [6.45, 7) is 4.44. The summed E-state index contributed by atoms with van der Waals surface area (Å²) in [6, 6.07) is 0. The Morgan fingerprint density at radius 1 is 1.44 bits per heavy atom. The average molecular weight is 256 g/mol. The molecule has 0 bridgehead atoms. The molecule has 0 saturated carbocycles. The SMILES string of the molecule is CCCC(CCN)CNC(=O)CC1CCCCO1. The van der Waals surface area contributed by atoms with Crippen molar-refractivity contribution in [3.8, 4) is 0 Å². The zero-order valence-corrected chi connectivity index (χ0v) is 11.6. The molecule has 1 aliphatic heterocycles. The molecule has 0 aromatic rings. The third kappa shape index (κ3) is 6.36. The number of hydrogen-bond donors (Lipinski definition) is 2. The number of ether oxygens (including phenoxy) is 1. The van der Waals surface area contributed by atoms with Gasteiger partial charge in [-0.05, 0) is 44.6 Å². The molecule has 2 atom stereocenters. The van der Waals surface area contributed by atoms with E-state index in [9.17, 15) is 4.79 Å². The summed E-state index contributed by atoms with van der Waals surface area (Å²) in [5.74, 6) is 0.649. The van der Waals surface area contributed by atoms with E-state index in [2.05, 4.69) is 12.2 Å². The molecular weight excluding hydrogens is 228 g/mol. The highest BCUT2D eigenvalue weighted by molar-refractivity contribution is 5.76. The number of rotatable bonds is 8. The smallest absolute Gasteiger partial charge is 0.222 e. The Balaban J connectivity index is 2.17. The normalized spacial score (nSPS) is 21.6. The number of amides is 1. The van der Waals surface area contributed by atoms with E-state index < -0.39 is 0 Å². The molecule has 0 aromatic carbocycles. The summed E-state index contributed by atoms with van der Waals surface area (Å²) in [4.78, 5) is 11.8. The average Bonchev–Trinajstić information content (AvgIpc) is 2.38. The van der Waals surface area contributed by atoms with E-state index in [0.29, 0.717) is 18.9 Å². The van der Waals surface area contributed by atoms with E-state index in [-0.39, 0.29) is 12.0 Å². The molecule has 0 spiro atoms. The van der Waals surface area contributed by atoms with Crippen LogP contribution in [0.5, 0.6) is 0 Å². The van der Waals surface area contributed by atoms with Crippen molar-refractivity contribution in [3.05, 3.63) is 0 Å². The summed E-state index contributed by atoms with van der Waals surface area (Å²) in [6.07, 6.45) is 7.27. The van der Waals surface area contributed by atoms with Crippen LogP contribution in [0.15, 0.2) is 0 Å². The van der Waals surface area contributed by atoms with Gasteiger partial charge in [0.25, 0.3) is 0 Å². The van der Waals surface area contributed by atoms with Crippen LogP contribution >= 0.6 is 0 Å². The third-order valence-electron chi connectivity index (χ3n) is 3.55. The number of nitrogens with one attached hydrogen (secondary N) is 1. The first-order chi connectivity index (χ1) is 8.76. The lowest BCUT2D eigenvalue weighted by Crippen LogP contribution is -2.34. The summed E-state index contributed by atoms with van der Waals surface area (Å²) in [5, 5.41) is 3.03. The fourth-order valence-corrected chi connectivity index (χ4v) is 2.50. The van der Waals surface area contributed by atoms with Crippen LogP contribution < -0.4 is 11.1 Å². The minimum atomic E-state index is 0.125. The van der Waals surface area contributed by atoms with Crippen molar-refractivity contribution in [2.45, 2.75) is 58.0 Å². The highest BCUT2D eigenvalue weighted by Gasteiger charge is 2.18. The van der Waals surface area contributed by atoms with Crippen molar-refractivity contribution in [2.24, 2.45) is 11.7 Å². The van der Waals surface area contributed by atoms with Gasteiger partial charge in [0.1, 0.15) is 0 Å². The lowest BCUT2D eigenvalue weighted by atomic mass is 9.99. The molecule has 1 fully saturated rings. The van der Waals surface area contributed by atoms with Crippen LogP contribution in [0.4, 0.5) is 0 Å². The molecule has 4 nitrogen and oxygen atoms in total. The van der Waals surface area contributed by atoms with Gasteiger partial charge in [-0.3, -0.25) is 4.79 Å². The van der Waals surface area contributed by atoms with Gasteiger partial charge in [0.15, 0.2) is 0 Å². The number of nitrogens with two attached hydrogens (primary N) is 1. The largest absolute Gasteiger partial charge is 0.378 e. The lowest BCUT2D eigenvalue weighted by Gasteiger charge is -2.22. The van der Waals surface area contributed by atoms with Gasteiger partial charge < -0.3 is 15.8 Å². The van der Waals surface area contributed by atoms with Crippen LogP contribution in [0.3, 0.4) is 0 Å². The maximum atomic E-state index is 11.8. The molecule has 1 saturated heterocycles. The predicted octanol–water partition coefficient (Wildman–Crippen LogP) is 1.83. The minimum absolute atomic E-state index is 0.125. The Bertz CT molecular complexity index is 222.